The lowest BCUT2D eigenvalue weighted by atomic mass is 10.0. The highest BCUT2D eigenvalue weighted by atomic mass is 79.9. The van der Waals surface area contributed by atoms with E-state index in [4.69, 9.17) is 0 Å². The monoisotopic (exact) mass is 470 g/mol. The maximum absolute atomic E-state index is 13.2. The van der Waals surface area contributed by atoms with Crippen LogP contribution in [-0.4, -0.2) is 37.9 Å². The molecule has 1 amide bonds. The van der Waals surface area contributed by atoms with Crippen LogP contribution in [0, 0.1) is 0 Å². The zero-order valence-corrected chi connectivity index (χ0v) is 18.3. The molecule has 1 aliphatic heterocycles. The van der Waals surface area contributed by atoms with E-state index in [9.17, 15) is 13.2 Å². The van der Waals surface area contributed by atoms with Gasteiger partial charge in [0, 0.05) is 12.6 Å². The summed E-state index contributed by atoms with van der Waals surface area (Å²) in [7, 11) is -3.77. The Morgan fingerprint density at radius 2 is 2.00 bits per heavy atom. The number of thiophene rings is 1. The van der Waals surface area contributed by atoms with E-state index in [0.29, 0.717) is 13.0 Å². The number of benzene rings is 1. The van der Waals surface area contributed by atoms with Gasteiger partial charge in [-0.15, -0.1) is 11.3 Å². The molecule has 0 radical (unpaired) electrons. The minimum Gasteiger partial charge on any atom is -0.339 e. The number of likely N-dealkylation sites (tertiary alicyclic amines) is 1. The molecule has 0 saturated carbocycles. The Labute approximate surface area is 173 Å². The van der Waals surface area contributed by atoms with Crippen LogP contribution < -0.4 is 4.72 Å². The lowest BCUT2D eigenvalue weighted by Crippen LogP contribution is -2.53. The standard InChI is InChI=1S/C19H23BrN2O3S2/c1-14-7-5-6-12-22(14)19(23)16(13-15-8-3-2-4-9-15)21-27(24,25)18-11-10-17(20)26-18/h2-4,8-11,14,16,21H,5-7,12-13H2,1H3/t14-,16-/m1/s1. The second kappa shape index (κ2) is 8.86. The molecule has 27 heavy (non-hydrogen) atoms. The normalized spacial score (nSPS) is 19.0. The van der Waals surface area contributed by atoms with E-state index in [2.05, 4.69) is 20.7 Å². The number of rotatable bonds is 6. The molecule has 0 aliphatic carbocycles. The summed E-state index contributed by atoms with van der Waals surface area (Å²) in [6.45, 7) is 2.71. The maximum Gasteiger partial charge on any atom is 0.250 e. The van der Waals surface area contributed by atoms with E-state index in [1.807, 2.05) is 42.2 Å². The summed E-state index contributed by atoms with van der Waals surface area (Å²) in [5.74, 6) is -0.148. The number of halogens is 1. The van der Waals surface area contributed by atoms with Crippen LogP contribution >= 0.6 is 27.3 Å². The quantitative estimate of drug-likeness (QED) is 0.697. The highest BCUT2D eigenvalue weighted by Gasteiger charge is 2.33. The summed E-state index contributed by atoms with van der Waals surface area (Å²) < 4.78 is 29.2. The molecule has 8 heteroatoms. The van der Waals surface area contributed by atoms with E-state index >= 15 is 0 Å². The van der Waals surface area contributed by atoms with Crippen molar-refractivity contribution in [1.82, 2.24) is 9.62 Å². The molecule has 2 heterocycles. The lowest BCUT2D eigenvalue weighted by Gasteiger charge is -2.36. The summed E-state index contributed by atoms with van der Waals surface area (Å²) in [6, 6.07) is 12.1. The van der Waals surface area contributed by atoms with E-state index in [1.54, 1.807) is 12.1 Å². The molecule has 2 aromatic rings. The molecule has 2 atom stereocenters. The fourth-order valence-corrected chi connectivity index (χ4v) is 6.56. The predicted molar refractivity (Wildman–Crippen MR) is 111 cm³/mol. The molecule has 1 saturated heterocycles. The molecular weight excluding hydrogens is 448 g/mol. The van der Waals surface area contributed by atoms with Gasteiger partial charge in [0.1, 0.15) is 10.3 Å². The summed E-state index contributed by atoms with van der Waals surface area (Å²) in [5.41, 5.74) is 0.926. The van der Waals surface area contributed by atoms with Crippen LogP contribution in [0.4, 0.5) is 0 Å². The largest absolute Gasteiger partial charge is 0.339 e. The smallest absolute Gasteiger partial charge is 0.250 e. The first-order chi connectivity index (χ1) is 12.9. The zero-order chi connectivity index (χ0) is 19.4. The molecule has 0 spiro atoms. The van der Waals surface area contributed by atoms with E-state index in [1.165, 1.54) is 0 Å². The molecule has 1 aromatic heterocycles. The van der Waals surface area contributed by atoms with Crippen molar-refractivity contribution in [1.29, 1.82) is 0 Å². The van der Waals surface area contributed by atoms with Crippen LogP contribution in [0.3, 0.4) is 0 Å². The number of amides is 1. The van der Waals surface area contributed by atoms with Crippen molar-refractivity contribution in [3.63, 3.8) is 0 Å². The van der Waals surface area contributed by atoms with Crippen LogP contribution in [0.5, 0.6) is 0 Å². The van der Waals surface area contributed by atoms with E-state index in [0.717, 1.165) is 39.9 Å². The summed E-state index contributed by atoms with van der Waals surface area (Å²) in [4.78, 5) is 15.0. The SMILES string of the molecule is C[C@@H]1CCCCN1C(=O)[C@@H](Cc1ccccc1)NS(=O)(=O)c1ccc(Br)s1. The first-order valence-electron chi connectivity index (χ1n) is 8.99. The fourth-order valence-electron chi connectivity index (χ4n) is 3.34. The van der Waals surface area contributed by atoms with Gasteiger partial charge in [0.05, 0.1) is 3.79 Å². The van der Waals surface area contributed by atoms with Crippen molar-refractivity contribution in [3.05, 3.63) is 51.8 Å². The van der Waals surface area contributed by atoms with Gasteiger partial charge in [-0.2, -0.15) is 4.72 Å². The van der Waals surface area contributed by atoms with Gasteiger partial charge >= 0.3 is 0 Å². The van der Waals surface area contributed by atoms with Crippen molar-refractivity contribution >= 4 is 43.2 Å². The Morgan fingerprint density at radius 3 is 2.63 bits per heavy atom. The van der Waals surface area contributed by atoms with Crippen LogP contribution in [0.2, 0.25) is 0 Å². The molecule has 1 aromatic carbocycles. The first-order valence-corrected chi connectivity index (χ1v) is 12.1. The molecule has 0 unspecified atom stereocenters. The Bertz CT molecular complexity index is 883. The number of nitrogens with zero attached hydrogens (tertiary/aromatic N) is 1. The highest BCUT2D eigenvalue weighted by molar-refractivity contribution is 9.11. The lowest BCUT2D eigenvalue weighted by molar-refractivity contribution is -0.136. The van der Waals surface area contributed by atoms with Gasteiger partial charge in [-0.25, -0.2) is 8.42 Å². The average Bonchev–Trinajstić information content (AvgIpc) is 3.09. The third kappa shape index (κ3) is 5.19. The third-order valence-electron chi connectivity index (χ3n) is 4.78. The Balaban J connectivity index is 1.86. The number of sulfonamides is 1. The number of nitrogens with one attached hydrogen (secondary N) is 1. The van der Waals surface area contributed by atoms with Crippen molar-refractivity contribution < 1.29 is 13.2 Å². The van der Waals surface area contributed by atoms with Crippen LogP contribution in [0.1, 0.15) is 31.7 Å². The maximum atomic E-state index is 13.2. The number of carbonyl (C=O) groups excluding carboxylic acids is 1. The second-order valence-corrected chi connectivity index (χ2v) is 11.2. The zero-order valence-electron chi connectivity index (χ0n) is 15.1. The predicted octanol–water partition coefficient (Wildman–Crippen LogP) is 3.80. The molecule has 5 nitrogen and oxygen atoms in total. The summed E-state index contributed by atoms with van der Waals surface area (Å²) in [5, 5.41) is 0. The molecule has 3 rings (SSSR count). The van der Waals surface area contributed by atoms with Crippen molar-refractivity contribution in [2.24, 2.45) is 0 Å². The number of hydrogen-bond acceptors (Lipinski definition) is 4. The fraction of sp³-hybridized carbons (Fsp3) is 0.421. The van der Waals surface area contributed by atoms with Gasteiger partial charge in [-0.05, 0) is 66.2 Å². The second-order valence-electron chi connectivity index (χ2n) is 6.80. The number of carbonyl (C=O) groups is 1. The first kappa shape index (κ1) is 20.5. The van der Waals surface area contributed by atoms with Gasteiger partial charge in [0.15, 0.2) is 0 Å². The Kier molecular flexibility index (Phi) is 6.73. The van der Waals surface area contributed by atoms with Gasteiger partial charge in [0.25, 0.3) is 10.0 Å². The summed E-state index contributed by atoms with van der Waals surface area (Å²) in [6.07, 6.45) is 3.34. The molecular formula is C19H23BrN2O3S2. The molecule has 1 N–H and O–H groups in total. The van der Waals surface area contributed by atoms with Gasteiger partial charge in [0.2, 0.25) is 5.91 Å². The van der Waals surface area contributed by atoms with Crippen LogP contribution in [-0.2, 0) is 21.2 Å². The average molecular weight is 471 g/mol. The van der Waals surface area contributed by atoms with Crippen molar-refractivity contribution in [2.75, 3.05) is 6.54 Å². The van der Waals surface area contributed by atoms with Gasteiger partial charge < -0.3 is 4.90 Å². The third-order valence-corrected chi connectivity index (χ3v) is 8.36. The highest BCUT2D eigenvalue weighted by Crippen LogP contribution is 2.26. The Morgan fingerprint density at radius 1 is 1.26 bits per heavy atom. The number of hydrogen-bond donors (Lipinski definition) is 1. The van der Waals surface area contributed by atoms with Crippen molar-refractivity contribution in [2.45, 2.75) is 48.9 Å². The minimum atomic E-state index is -3.77. The minimum absolute atomic E-state index is 0.130. The summed E-state index contributed by atoms with van der Waals surface area (Å²) >= 11 is 4.43. The van der Waals surface area contributed by atoms with E-state index < -0.39 is 16.1 Å². The van der Waals surface area contributed by atoms with Crippen molar-refractivity contribution in [3.8, 4) is 0 Å². The molecule has 1 fully saturated rings. The molecule has 146 valence electrons. The van der Waals surface area contributed by atoms with Gasteiger partial charge in [-0.1, -0.05) is 30.3 Å². The number of piperidine rings is 1. The molecule has 0 bridgehead atoms. The van der Waals surface area contributed by atoms with E-state index in [-0.39, 0.29) is 16.2 Å². The molecule has 1 aliphatic rings. The topological polar surface area (TPSA) is 66.5 Å². The van der Waals surface area contributed by atoms with Crippen LogP contribution in [0.15, 0.2) is 50.5 Å². The van der Waals surface area contributed by atoms with Gasteiger partial charge in [-0.3, -0.25) is 4.79 Å². The van der Waals surface area contributed by atoms with Crippen LogP contribution in [0.25, 0.3) is 0 Å². The Hall–Kier alpha value is -1.22.